The molecule has 0 radical (unpaired) electrons. The van der Waals surface area contributed by atoms with Crippen molar-refractivity contribution in [3.8, 4) is 0 Å². The van der Waals surface area contributed by atoms with E-state index in [9.17, 15) is 18.0 Å². The van der Waals surface area contributed by atoms with Gasteiger partial charge >= 0.3 is 0 Å². The molecule has 1 nitrogen and oxygen atoms in total. The van der Waals surface area contributed by atoms with E-state index in [2.05, 4.69) is 0 Å². The molecule has 12 heavy (non-hydrogen) atoms. The second kappa shape index (κ2) is 3.46. The van der Waals surface area contributed by atoms with Crippen molar-refractivity contribution in [2.45, 2.75) is 31.6 Å². The Hall–Kier alpha value is -0.540. The van der Waals surface area contributed by atoms with Gasteiger partial charge in [-0.05, 0) is 12.8 Å². The van der Waals surface area contributed by atoms with E-state index in [0.717, 1.165) is 0 Å². The van der Waals surface area contributed by atoms with Crippen molar-refractivity contribution in [2.24, 2.45) is 5.92 Å². The predicted octanol–water partition coefficient (Wildman–Crippen LogP) is 2.35. The van der Waals surface area contributed by atoms with E-state index in [4.69, 9.17) is 0 Å². The van der Waals surface area contributed by atoms with Crippen LogP contribution in [0.15, 0.2) is 0 Å². The molecule has 1 rings (SSSR count). The summed E-state index contributed by atoms with van der Waals surface area (Å²) < 4.78 is 37.2. The molecule has 1 fully saturated rings. The summed E-state index contributed by atoms with van der Waals surface area (Å²) in [5, 5.41) is 0. The Morgan fingerprint density at radius 1 is 1.33 bits per heavy atom. The van der Waals surface area contributed by atoms with E-state index >= 15 is 0 Å². The molecule has 70 valence electrons. The zero-order valence-corrected chi connectivity index (χ0v) is 6.66. The highest BCUT2D eigenvalue weighted by Gasteiger charge is 2.41. The quantitative estimate of drug-likeness (QED) is 0.637. The van der Waals surface area contributed by atoms with Crippen LogP contribution in [-0.4, -0.2) is 18.4 Å². The highest BCUT2D eigenvalue weighted by molar-refractivity contribution is 5.79. The van der Waals surface area contributed by atoms with Crippen LogP contribution in [0.2, 0.25) is 0 Å². The summed E-state index contributed by atoms with van der Waals surface area (Å²) >= 11 is 0. The Morgan fingerprint density at radius 2 is 1.83 bits per heavy atom. The summed E-state index contributed by atoms with van der Waals surface area (Å²) in [5.41, 5.74) is 0. The number of ketones is 1. The molecule has 0 atom stereocenters. The standard InChI is InChI=1S/C8H11F3O/c9-5-8(10,11)6-1-3-7(12)4-2-6/h6H,1-5H2. The number of carbonyl (C=O) groups excluding carboxylic acids is 1. The number of rotatable bonds is 2. The SMILES string of the molecule is O=C1CCC(C(F)(F)CF)CC1. The second-order valence-corrected chi connectivity index (χ2v) is 3.21. The van der Waals surface area contributed by atoms with Crippen LogP contribution in [0.4, 0.5) is 13.2 Å². The van der Waals surface area contributed by atoms with E-state index in [1.807, 2.05) is 0 Å². The van der Waals surface area contributed by atoms with Crippen molar-refractivity contribution < 1.29 is 18.0 Å². The van der Waals surface area contributed by atoms with Gasteiger partial charge in [0.25, 0.3) is 5.92 Å². The lowest BCUT2D eigenvalue weighted by Gasteiger charge is -2.27. The number of halogens is 3. The minimum absolute atomic E-state index is 0.0147. The molecular weight excluding hydrogens is 169 g/mol. The Kier molecular flexibility index (Phi) is 2.75. The van der Waals surface area contributed by atoms with Crippen LogP contribution in [0.3, 0.4) is 0 Å². The molecule has 0 aliphatic heterocycles. The first kappa shape index (κ1) is 9.55. The minimum atomic E-state index is -3.22. The Morgan fingerprint density at radius 3 is 2.25 bits per heavy atom. The first-order valence-electron chi connectivity index (χ1n) is 4.02. The van der Waals surface area contributed by atoms with Crippen molar-refractivity contribution in [1.82, 2.24) is 0 Å². The zero-order chi connectivity index (χ0) is 9.19. The van der Waals surface area contributed by atoms with E-state index in [0.29, 0.717) is 0 Å². The molecular formula is C8H11F3O. The number of hydrogen-bond acceptors (Lipinski definition) is 1. The molecule has 4 heteroatoms. The van der Waals surface area contributed by atoms with Crippen LogP contribution in [0.5, 0.6) is 0 Å². The van der Waals surface area contributed by atoms with Crippen LogP contribution in [0, 0.1) is 5.92 Å². The average molecular weight is 180 g/mol. The fourth-order valence-electron chi connectivity index (χ4n) is 1.47. The maximum Gasteiger partial charge on any atom is 0.278 e. The maximum absolute atomic E-state index is 12.7. The van der Waals surface area contributed by atoms with Crippen LogP contribution in [-0.2, 0) is 4.79 Å². The predicted molar refractivity (Wildman–Crippen MR) is 37.9 cm³/mol. The van der Waals surface area contributed by atoms with Gasteiger partial charge in [-0.2, -0.15) is 0 Å². The highest BCUT2D eigenvalue weighted by atomic mass is 19.3. The lowest BCUT2D eigenvalue weighted by atomic mass is 9.84. The summed E-state index contributed by atoms with van der Waals surface area (Å²) in [5.74, 6) is -4.14. The van der Waals surface area contributed by atoms with Crippen molar-refractivity contribution in [3.05, 3.63) is 0 Å². The Bertz CT molecular complexity index is 169. The first-order valence-corrected chi connectivity index (χ1v) is 4.02. The monoisotopic (exact) mass is 180 g/mol. The smallest absolute Gasteiger partial charge is 0.278 e. The summed E-state index contributed by atoms with van der Waals surface area (Å²) in [7, 11) is 0. The molecule has 1 aliphatic carbocycles. The zero-order valence-electron chi connectivity index (χ0n) is 6.66. The summed E-state index contributed by atoms with van der Waals surface area (Å²) in [6, 6.07) is 0. The van der Waals surface area contributed by atoms with Crippen LogP contribution in [0.1, 0.15) is 25.7 Å². The normalized spacial score (nSPS) is 21.4. The number of hydrogen-bond donors (Lipinski definition) is 0. The number of carbonyl (C=O) groups is 1. The van der Waals surface area contributed by atoms with E-state index in [-0.39, 0.29) is 31.5 Å². The first-order chi connectivity index (χ1) is 5.56. The third-order valence-electron chi connectivity index (χ3n) is 2.32. The van der Waals surface area contributed by atoms with Crippen LogP contribution >= 0.6 is 0 Å². The third-order valence-corrected chi connectivity index (χ3v) is 2.32. The number of Topliss-reactive ketones (excluding diaryl/α,β-unsaturated/α-hetero) is 1. The molecule has 1 saturated carbocycles. The second-order valence-electron chi connectivity index (χ2n) is 3.21. The van der Waals surface area contributed by atoms with Gasteiger partial charge in [0.2, 0.25) is 0 Å². The van der Waals surface area contributed by atoms with Crippen LogP contribution < -0.4 is 0 Å². The fourth-order valence-corrected chi connectivity index (χ4v) is 1.47. The largest absolute Gasteiger partial charge is 0.300 e. The highest BCUT2D eigenvalue weighted by Crippen LogP contribution is 2.35. The topological polar surface area (TPSA) is 17.1 Å². The molecule has 0 heterocycles. The van der Waals surface area contributed by atoms with Gasteiger partial charge in [0.05, 0.1) is 0 Å². The van der Waals surface area contributed by atoms with Crippen molar-refractivity contribution >= 4 is 5.78 Å². The van der Waals surface area contributed by atoms with Gasteiger partial charge in [0.15, 0.2) is 6.67 Å². The Labute approximate surface area is 68.9 Å². The van der Waals surface area contributed by atoms with E-state index in [1.165, 1.54) is 0 Å². The molecule has 0 bridgehead atoms. The molecule has 0 amide bonds. The molecule has 0 spiro atoms. The van der Waals surface area contributed by atoms with E-state index < -0.39 is 18.5 Å². The van der Waals surface area contributed by atoms with Gasteiger partial charge < -0.3 is 0 Å². The van der Waals surface area contributed by atoms with Gasteiger partial charge in [0, 0.05) is 18.8 Å². The van der Waals surface area contributed by atoms with Gasteiger partial charge in [-0.3, -0.25) is 4.79 Å². The molecule has 0 aromatic carbocycles. The summed E-state index contributed by atoms with van der Waals surface area (Å²) in [6.45, 7) is -1.61. The van der Waals surface area contributed by atoms with Gasteiger partial charge in [-0.1, -0.05) is 0 Å². The summed E-state index contributed by atoms with van der Waals surface area (Å²) in [6.07, 6.45) is 0.631. The van der Waals surface area contributed by atoms with Gasteiger partial charge in [-0.15, -0.1) is 0 Å². The minimum Gasteiger partial charge on any atom is -0.300 e. The third kappa shape index (κ3) is 1.99. The van der Waals surface area contributed by atoms with Crippen LogP contribution in [0.25, 0.3) is 0 Å². The molecule has 0 unspecified atom stereocenters. The van der Waals surface area contributed by atoms with E-state index in [1.54, 1.807) is 0 Å². The van der Waals surface area contributed by atoms with Crippen molar-refractivity contribution in [3.63, 3.8) is 0 Å². The van der Waals surface area contributed by atoms with Gasteiger partial charge in [0.1, 0.15) is 5.78 Å². The molecule has 0 saturated heterocycles. The molecule has 0 aromatic heterocycles. The molecule has 0 N–H and O–H groups in total. The summed E-state index contributed by atoms with van der Waals surface area (Å²) in [4.78, 5) is 10.7. The van der Waals surface area contributed by atoms with Crippen molar-refractivity contribution in [2.75, 3.05) is 6.67 Å². The Balaban J connectivity index is 2.49. The average Bonchev–Trinajstić information content (AvgIpc) is 2.05. The lowest BCUT2D eigenvalue weighted by Crippen LogP contribution is -2.33. The molecule has 0 aromatic rings. The molecule has 1 aliphatic rings. The maximum atomic E-state index is 12.7. The van der Waals surface area contributed by atoms with Crippen molar-refractivity contribution in [1.29, 1.82) is 0 Å². The lowest BCUT2D eigenvalue weighted by molar-refractivity contribution is -0.127. The fraction of sp³-hybridized carbons (Fsp3) is 0.875. The van der Waals surface area contributed by atoms with Gasteiger partial charge in [-0.25, -0.2) is 13.2 Å². The number of alkyl halides is 3.